The molecular weight excluding hydrogens is 188 g/mol. The van der Waals surface area contributed by atoms with Crippen LogP contribution in [0.3, 0.4) is 0 Å². The van der Waals surface area contributed by atoms with E-state index in [1.807, 2.05) is 24.3 Å². The minimum absolute atomic E-state index is 0.917. The van der Waals surface area contributed by atoms with Gasteiger partial charge in [-0.25, -0.2) is 0 Å². The highest BCUT2D eigenvalue weighted by Crippen LogP contribution is 2.26. The van der Waals surface area contributed by atoms with Gasteiger partial charge >= 0.3 is 0 Å². The van der Waals surface area contributed by atoms with Crippen LogP contribution < -0.4 is 0 Å². The molecule has 0 saturated heterocycles. The van der Waals surface area contributed by atoms with Crippen molar-refractivity contribution >= 4 is 24.0 Å². The topological polar surface area (TPSA) is 25.8 Å². The van der Waals surface area contributed by atoms with E-state index in [0.717, 1.165) is 15.5 Å². The Kier molecular flexibility index (Phi) is 2.10. The van der Waals surface area contributed by atoms with Crippen molar-refractivity contribution in [2.45, 2.75) is 4.90 Å². The standard InChI is InChI=1S/C8H6N2S2/c11-7-4-2-1-3-6(7)8-10-9-5-12-8/h1-5,11H. The quantitative estimate of drug-likeness (QED) is 0.706. The van der Waals surface area contributed by atoms with Gasteiger partial charge in [-0.15, -0.1) is 22.8 Å². The first-order chi connectivity index (χ1) is 5.88. The van der Waals surface area contributed by atoms with Gasteiger partial charge in [0.05, 0.1) is 0 Å². The Bertz CT molecular complexity index is 370. The van der Waals surface area contributed by atoms with E-state index >= 15 is 0 Å². The zero-order valence-corrected chi connectivity index (χ0v) is 7.85. The maximum Gasteiger partial charge on any atom is 0.148 e. The summed E-state index contributed by atoms with van der Waals surface area (Å²) in [5.74, 6) is 0. The molecule has 2 nitrogen and oxygen atoms in total. The fraction of sp³-hybridized carbons (Fsp3) is 0. The van der Waals surface area contributed by atoms with Gasteiger partial charge in [0.15, 0.2) is 0 Å². The molecule has 4 heteroatoms. The van der Waals surface area contributed by atoms with Gasteiger partial charge in [0.1, 0.15) is 10.5 Å². The second-order valence-corrected chi connectivity index (χ2v) is 3.58. The van der Waals surface area contributed by atoms with E-state index in [-0.39, 0.29) is 0 Å². The Hall–Kier alpha value is -0.870. The van der Waals surface area contributed by atoms with E-state index in [1.54, 1.807) is 5.51 Å². The summed E-state index contributed by atoms with van der Waals surface area (Å²) >= 11 is 5.84. The molecule has 2 rings (SSSR count). The molecule has 0 unspecified atom stereocenters. The largest absolute Gasteiger partial charge is 0.148 e. The molecule has 0 saturated carbocycles. The molecule has 0 spiro atoms. The van der Waals surface area contributed by atoms with Crippen molar-refractivity contribution in [1.29, 1.82) is 0 Å². The smallest absolute Gasteiger partial charge is 0.147 e. The third kappa shape index (κ3) is 1.35. The molecule has 0 radical (unpaired) electrons. The van der Waals surface area contributed by atoms with Crippen LogP contribution in [-0.2, 0) is 0 Å². The van der Waals surface area contributed by atoms with Gasteiger partial charge in [0.2, 0.25) is 0 Å². The summed E-state index contributed by atoms with van der Waals surface area (Å²) in [6.07, 6.45) is 0. The number of hydrogen-bond donors (Lipinski definition) is 1. The Labute approximate surface area is 79.7 Å². The van der Waals surface area contributed by atoms with Crippen LogP contribution in [0.4, 0.5) is 0 Å². The fourth-order valence-electron chi connectivity index (χ4n) is 0.945. The Balaban J connectivity index is 2.55. The van der Waals surface area contributed by atoms with Crippen LogP contribution in [0.5, 0.6) is 0 Å². The summed E-state index contributed by atoms with van der Waals surface area (Å²) < 4.78 is 0. The van der Waals surface area contributed by atoms with E-state index in [9.17, 15) is 0 Å². The van der Waals surface area contributed by atoms with Gasteiger partial charge in [0, 0.05) is 10.5 Å². The maximum atomic E-state index is 4.32. The lowest BCUT2D eigenvalue weighted by Crippen LogP contribution is -1.77. The highest BCUT2D eigenvalue weighted by Gasteiger charge is 2.03. The molecule has 1 heterocycles. The third-order valence-corrected chi connectivity index (χ3v) is 2.61. The summed E-state index contributed by atoms with van der Waals surface area (Å²) in [6.45, 7) is 0. The van der Waals surface area contributed by atoms with E-state index in [0.29, 0.717) is 0 Å². The summed E-state index contributed by atoms with van der Waals surface area (Å²) in [5, 5.41) is 8.66. The number of hydrogen-bond acceptors (Lipinski definition) is 4. The van der Waals surface area contributed by atoms with Crippen molar-refractivity contribution in [2.75, 3.05) is 0 Å². The summed E-state index contributed by atoms with van der Waals surface area (Å²) in [6, 6.07) is 7.85. The van der Waals surface area contributed by atoms with Crippen molar-refractivity contribution in [3.05, 3.63) is 29.8 Å². The van der Waals surface area contributed by atoms with Gasteiger partial charge in [-0.2, -0.15) is 0 Å². The predicted octanol–water partition coefficient (Wildman–Crippen LogP) is 2.49. The Morgan fingerprint density at radius 2 is 2.08 bits per heavy atom. The van der Waals surface area contributed by atoms with Crippen LogP contribution >= 0.6 is 24.0 Å². The molecule has 0 aliphatic heterocycles. The molecule has 1 aromatic carbocycles. The zero-order valence-electron chi connectivity index (χ0n) is 6.14. The molecule has 0 aliphatic carbocycles. The van der Waals surface area contributed by atoms with Crippen molar-refractivity contribution in [3.63, 3.8) is 0 Å². The first-order valence-corrected chi connectivity index (χ1v) is 4.75. The second kappa shape index (κ2) is 3.25. The monoisotopic (exact) mass is 194 g/mol. The van der Waals surface area contributed by atoms with Crippen LogP contribution in [0.15, 0.2) is 34.7 Å². The Morgan fingerprint density at radius 3 is 2.75 bits per heavy atom. The molecule has 2 aromatic rings. The summed E-state index contributed by atoms with van der Waals surface area (Å²) in [7, 11) is 0. The van der Waals surface area contributed by atoms with Crippen LogP contribution in [0.25, 0.3) is 10.6 Å². The normalized spacial score (nSPS) is 10.1. The van der Waals surface area contributed by atoms with Crippen molar-refractivity contribution in [2.24, 2.45) is 0 Å². The van der Waals surface area contributed by atoms with Crippen molar-refractivity contribution in [3.8, 4) is 10.6 Å². The molecule has 0 amide bonds. The van der Waals surface area contributed by atoms with Crippen LogP contribution in [0.2, 0.25) is 0 Å². The maximum absolute atomic E-state index is 4.32. The van der Waals surface area contributed by atoms with E-state index in [1.165, 1.54) is 11.3 Å². The van der Waals surface area contributed by atoms with Gasteiger partial charge in [-0.3, -0.25) is 0 Å². The van der Waals surface area contributed by atoms with Crippen LogP contribution in [-0.4, -0.2) is 10.2 Å². The average molecular weight is 194 g/mol. The molecule has 0 atom stereocenters. The average Bonchev–Trinajstić information content (AvgIpc) is 2.57. The lowest BCUT2D eigenvalue weighted by atomic mass is 10.2. The van der Waals surface area contributed by atoms with E-state index in [4.69, 9.17) is 0 Å². The van der Waals surface area contributed by atoms with E-state index < -0.39 is 0 Å². The lowest BCUT2D eigenvalue weighted by molar-refractivity contribution is 1.09. The van der Waals surface area contributed by atoms with Gasteiger partial charge < -0.3 is 0 Å². The first-order valence-electron chi connectivity index (χ1n) is 3.42. The molecule has 12 heavy (non-hydrogen) atoms. The van der Waals surface area contributed by atoms with E-state index in [2.05, 4.69) is 22.8 Å². The van der Waals surface area contributed by atoms with Crippen molar-refractivity contribution < 1.29 is 0 Å². The lowest BCUT2D eigenvalue weighted by Gasteiger charge is -1.97. The number of aromatic nitrogens is 2. The first kappa shape index (κ1) is 7.76. The molecule has 0 bridgehead atoms. The predicted molar refractivity (Wildman–Crippen MR) is 52.6 cm³/mol. The van der Waals surface area contributed by atoms with Crippen LogP contribution in [0, 0.1) is 0 Å². The zero-order chi connectivity index (χ0) is 8.39. The number of thiol groups is 1. The summed E-state index contributed by atoms with van der Waals surface area (Å²) in [5.41, 5.74) is 2.76. The SMILES string of the molecule is Sc1ccccc1-c1nncs1. The van der Waals surface area contributed by atoms with Gasteiger partial charge in [-0.1, -0.05) is 29.5 Å². The summed E-state index contributed by atoms with van der Waals surface area (Å²) in [4.78, 5) is 0.939. The molecule has 60 valence electrons. The van der Waals surface area contributed by atoms with Crippen LogP contribution in [0.1, 0.15) is 0 Å². The van der Waals surface area contributed by atoms with Crippen molar-refractivity contribution in [1.82, 2.24) is 10.2 Å². The molecule has 0 aliphatic rings. The highest BCUT2D eigenvalue weighted by molar-refractivity contribution is 7.80. The number of nitrogens with zero attached hydrogens (tertiary/aromatic N) is 2. The third-order valence-electron chi connectivity index (χ3n) is 1.49. The minimum atomic E-state index is 0.917. The highest BCUT2D eigenvalue weighted by atomic mass is 32.1. The molecule has 1 aromatic heterocycles. The Morgan fingerprint density at radius 1 is 1.25 bits per heavy atom. The van der Waals surface area contributed by atoms with Gasteiger partial charge in [0.25, 0.3) is 0 Å². The number of benzene rings is 1. The minimum Gasteiger partial charge on any atom is -0.147 e. The number of rotatable bonds is 1. The second-order valence-electron chi connectivity index (χ2n) is 2.26. The molecule has 0 N–H and O–H groups in total. The van der Waals surface area contributed by atoms with Gasteiger partial charge in [-0.05, 0) is 6.07 Å². The molecular formula is C8H6N2S2. The fourth-order valence-corrected chi connectivity index (χ4v) is 1.88. The molecule has 0 fully saturated rings.